The highest BCUT2D eigenvalue weighted by molar-refractivity contribution is 5.95. The normalized spacial score (nSPS) is 17.3. The molecule has 132 valence electrons. The van der Waals surface area contributed by atoms with Gasteiger partial charge in [-0.2, -0.15) is 0 Å². The fraction of sp³-hybridized carbons (Fsp3) is 0.588. The van der Waals surface area contributed by atoms with Crippen molar-refractivity contribution in [3.63, 3.8) is 0 Å². The van der Waals surface area contributed by atoms with Crippen molar-refractivity contribution in [2.24, 2.45) is 0 Å². The molecule has 24 heavy (non-hydrogen) atoms. The van der Waals surface area contributed by atoms with E-state index in [1.807, 2.05) is 6.92 Å². The van der Waals surface area contributed by atoms with Gasteiger partial charge in [-0.25, -0.2) is 0 Å². The molecule has 1 aromatic carbocycles. The van der Waals surface area contributed by atoms with Gasteiger partial charge < -0.3 is 14.4 Å². The predicted molar refractivity (Wildman–Crippen MR) is 89.4 cm³/mol. The first-order valence-corrected chi connectivity index (χ1v) is 8.30. The van der Waals surface area contributed by atoms with Crippen LogP contribution in [0.4, 0.5) is 5.69 Å². The molecule has 0 bridgehead atoms. The number of amides is 1. The third-order valence-electron chi connectivity index (χ3n) is 4.10. The molecule has 0 aromatic heterocycles. The van der Waals surface area contributed by atoms with Gasteiger partial charge in [-0.1, -0.05) is 6.92 Å². The lowest BCUT2D eigenvalue weighted by atomic mass is 10.1. The quantitative estimate of drug-likeness (QED) is 0.564. The first kappa shape index (κ1) is 18.2. The fourth-order valence-corrected chi connectivity index (χ4v) is 2.89. The molecule has 1 aliphatic rings. The zero-order chi connectivity index (χ0) is 17.5. The van der Waals surface area contributed by atoms with E-state index in [0.717, 1.165) is 32.3 Å². The maximum absolute atomic E-state index is 12.8. The Morgan fingerprint density at radius 1 is 1.46 bits per heavy atom. The third kappa shape index (κ3) is 4.44. The Morgan fingerprint density at radius 3 is 2.83 bits per heavy atom. The van der Waals surface area contributed by atoms with Crippen LogP contribution in [0.1, 0.15) is 43.0 Å². The lowest BCUT2D eigenvalue weighted by molar-refractivity contribution is -0.385. The van der Waals surface area contributed by atoms with Crippen molar-refractivity contribution in [2.45, 2.75) is 38.7 Å². The number of nitro benzene ring substituents is 1. The van der Waals surface area contributed by atoms with E-state index >= 15 is 0 Å². The number of nitrogens with zero attached hydrogens (tertiary/aromatic N) is 2. The van der Waals surface area contributed by atoms with Crippen molar-refractivity contribution < 1.29 is 19.2 Å². The van der Waals surface area contributed by atoms with Gasteiger partial charge in [-0.3, -0.25) is 14.9 Å². The molecular weight excluding hydrogens is 312 g/mol. The number of nitro groups is 1. The Kier molecular flexibility index (Phi) is 6.54. The van der Waals surface area contributed by atoms with E-state index in [2.05, 4.69) is 0 Å². The van der Waals surface area contributed by atoms with Gasteiger partial charge in [0, 0.05) is 37.4 Å². The maximum atomic E-state index is 12.8. The number of hydrogen-bond donors (Lipinski definition) is 0. The second kappa shape index (κ2) is 8.63. The number of ether oxygens (including phenoxy) is 2. The van der Waals surface area contributed by atoms with E-state index in [-0.39, 0.29) is 23.4 Å². The summed E-state index contributed by atoms with van der Waals surface area (Å²) in [6.45, 7) is 3.92. The van der Waals surface area contributed by atoms with Crippen molar-refractivity contribution in [3.8, 4) is 5.75 Å². The molecule has 1 amide bonds. The summed E-state index contributed by atoms with van der Waals surface area (Å²) < 4.78 is 10.8. The summed E-state index contributed by atoms with van der Waals surface area (Å²) in [5, 5.41) is 11.0. The lowest BCUT2D eigenvalue weighted by Crippen LogP contribution is -2.40. The van der Waals surface area contributed by atoms with Crippen LogP contribution in [0, 0.1) is 10.1 Å². The molecule has 1 aliphatic heterocycles. The molecule has 0 aliphatic carbocycles. The van der Waals surface area contributed by atoms with Gasteiger partial charge in [0.1, 0.15) is 0 Å². The predicted octanol–water partition coefficient (Wildman–Crippen LogP) is 3.02. The molecule has 0 radical (unpaired) electrons. The number of carbonyl (C=O) groups is 1. The van der Waals surface area contributed by atoms with Crippen LogP contribution in [-0.4, -0.2) is 48.6 Å². The van der Waals surface area contributed by atoms with E-state index in [4.69, 9.17) is 9.47 Å². The zero-order valence-corrected chi connectivity index (χ0v) is 14.2. The molecular formula is C17H24N2O5. The van der Waals surface area contributed by atoms with Gasteiger partial charge in [-0.15, -0.1) is 0 Å². The smallest absolute Gasteiger partial charge is 0.310 e. The van der Waals surface area contributed by atoms with E-state index < -0.39 is 4.92 Å². The minimum Gasteiger partial charge on any atom is -0.490 e. The number of rotatable bonds is 7. The SMILES string of the molecule is CCCN(CC1CCCCO1)C(=O)c1ccc([N+](=O)[O-])c(OC)c1. The van der Waals surface area contributed by atoms with Crippen molar-refractivity contribution in [1.29, 1.82) is 0 Å². The Hall–Kier alpha value is -2.15. The Balaban J connectivity index is 2.17. The summed E-state index contributed by atoms with van der Waals surface area (Å²) >= 11 is 0. The van der Waals surface area contributed by atoms with E-state index in [0.29, 0.717) is 18.7 Å². The highest BCUT2D eigenvalue weighted by Crippen LogP contribution is 2.28. The highest BCUT2D eigenvalue weighted by atomic mass is 16.6. The zero-order valence-electron chi connectivity index (χ0n) is 14.2. The molecule has 0 saturated carbocycles. The molecule has 1 saturated heterocycles. The lowest BCUT2D eigenvalue weighted by Gasteiger charge is -2.30. The molecule has 0 N–H and O–H groups in total. The Labute approximate surface area is 141 Å². The minimum absolute atomic E-state index is 0.0641. The summed E-state index contributed by atoms with van der Waals surface area (Å²) in [6.07, 6.45) is 4.04. The molecule has 1 aromatic rings. The van der Waals surface area contributed by atoms with E-state index in [1.165, 1.54) is 25.3 Å². The van der Waals surface area contributed by atoms with Gasteiger partial charge in [0.25, 0.3) is 5.91 Å². The third-order valence-corrected chi connectivity index (χ3v) is 4.10. The van der Waals surface area contributed by atoms with Crippen LogP contribution in [0.15, 0.2) is 18.2 Å². The summed E-state index contributed by atoms with van der Waals surface area (Å²) in [7, 11) is 1.36. The first-order chi connectivity index (χ1) is 11.6. The van der Waals surface area contributed by atoms with Gasteiger partial charge in [0.05, 0.1) is 18.1 Å². The molecule has 2 rings (SSSR count). The largest absolute Gasteiger partial charge is 0.490 e. The summed E-state index contributed by atoms with van der Waals surface area (Å²) in [5.41, 5.74) is 0.244. The highest BCUT2D eigenvalue weighted by Gasteiger charge is 2.24. The molecule has 7 nitrogen and oxygen atoms in total. The Morgan fingerprint density at radius 2 is 2.25 bits per heavy atom. The number of benzene rings is 1. The van der Waals surface area contributed by atoms with E-state index in [1.54, 1.807) is 4.90 Å². The number of carbonyl (C=O) groups excluding carboxylic acids is 1. The van der Waals surface area contributed by atoms with Gasteiger partial charge >= 0.3 is 5.69 Å². The van der Waals surface area contributed by atoms with Crippen molar-refractivity contribution >= 4 is 11.6 Å². The van der Waals surface area contributed by atoms with Crippen molar-refractivity contribution in [1.82, 2.24) is 4.90 Å². The number of hydrogen-bond acceptors (Lipinski definition) is 5. The van der Waals surface area contributed by atoms with Crippen LogP contribution in [0.25, 0.3) is 0 Å². The topological polar surface area (TPSA) is 81.9 Å². The summed E-state index contributed by atoms with van der Waals surface area (Å²) in [5.74, 6) is -0.0598. The van der Waals surface area contributed by atoms with Gasteiger partial charge in [0.15, 0.2) is 5.75 Å². The monoisotopic (exact) mass is 336 g/mol. The Bertz CT molecular complexity index is 584. The van der Waals surface area contributed by atoms with Crippen LogP contribution >= 0.6 is 0 Å². The molecule has 1 atom stereocenters. The standard InChI is InChI=1S/C17H24N2O5/c1-3-9-18(12-14-6-4-5-10-24-14)17(20)13-7-8-15(19(21)22)16(11-13)23-2/h7-8,11,14H,3-6,9-10,12H2,1-2H3. The van der Waals surface area contributed by atoms with Crippen LogP contribution in [0.3, 0.4) is 0 Å². The summed E-state index contributed by atoms with van der Waals surface area (Å²) in [4.78, 5) is 25.0. The average molecular weight is 336 g/mol. The van der Waals surface area contributed by atoms with Crippen LogP contribution in [0.5, 0.6) is 5.75 Å². The van der Waals surface area contributed by atoms with Gasteiger partial charge in [0.2, 0.25) is 0 Å². The van der Waals surface area contributed by atoms with Crippen LogP contribution in [0.2, 0.25) is 0 Å². The van der Waals surface area contributed by atoms with Crippen LogP contribution in [-0.2, 0) is 4.74 Å². The second-order valence-electron chi connectivity index (χ2n) is 5.88. The summed E-state index contributed by atoms with van der Waals surface area (Å²) in [6, 6.07) is 4.23. The maximum Gasteiger partial charge on any atom is 0.310 e. The van der Waals surface area contributed by atoms with Gasteiger partial charge in [-0.05, 0) is 31.7 Å². The molecule has 0 spiro atoms. The average Bonchev–Trinajstić information content (AvgIpc) is 2.61. The molecule has 1 heterocycles. The minimum atomic E-state index is -0.521. The molecule has 1 unspecified atom stereocenters. The number of methoxy groups -OCH3 is 1. The van der Waals surface area contributed by atoms with Crippen molar-refractivity contribution in [2.75, 3.05) is 26.8 Å². The van der Waals surface area contributed by atoms with E-state index in [9.17, 15) is 14.9 Å². The molecule has 1 fully saturated rings. The molecule has 7 heteroatoms. The fourth-order valence-electron chi connectivity index (χ4n) is 2.89. The first-order valence-electron chi connectivity index (χ1n) is 8.30. The van der Waals surface area contributed by atoms with Crippen molar-refractivity contribution in [3.05, 3.63) is 33.9 Å². The van der Waals surface area contributed by atoms with Crippen LogP contribution < -0.4 is 4.74 Å². The second-order valence-corrected chi connectivity index (χ2v) is 5.88.